The number of ether oxygens (including phenoxy) is 1. The van der Waals surface area contributed by atoms with Gasteiger partial charge in [0.1, 0.15) is 0 Å². The Morgan fingerprint density at radius 2 is 1.76 bits per heavy atom. The summed E-state index contributed by atoms with van der Waals surface area (Å²) in [7, 11) is 1.29. The number of fused-ring (bicyclic) bond motifs is 2. The summed E-state index contributed by atoms with van der Waals surface area (Å²) < 4.78 is 37.1. The summed E-state index contributed by atoms with van der Waals surface area (Å²) in [4.78, 5) is 14.8. The molecule has 2 N–H and O–H groups in total. The molecule has 0 fully saturated rings. The van der Waals surface area contributed by atoms with Crippen LogP contribution in [-0.2, 0) is 67.7 Å². The average Bonchev–Trinajstić information content (AvgIpc) is 3.62. The summed E-state index contributed by atoms with van der Waals surface area (Å²) in [5, 5.41) is 10.9. The first kappa shape index (κ1) is 25.4. The second kappa shape index (κ2) is 10.3. The Morgan fingerprint density at radius 3 is 2.41 bits per heavy atom. The average molecular weight is 528 g/mol. The molecule has 198 valence electrons. The maximum absolute atomic E-state index is 13.0. The third kappa shape index (κ3) is 5.41. The SMILES string of the molecule is CN(COCc1cc(S(=O)(=O)NC(=O)Nc2c3c(cc4c2CCC4)CCC3)nn1C)Cc1ccnn1C. The molecule has 0 radical (unpaired) electrons. The van der Waals surface area contributed by atoms with Gasteiger partial charge >= 0.3 is 6.03 Å². The number of benzene rings is 1. The summed E-state index contributed by atoms with van der Waals surface area (Å²) in [6, 6.07) is 4.86. The number of anilines is 1. The van der Waals surface area contributed by atoms with Gasteiger partial charge in [-0.05, 0) is 73.9 Å². The summed E-state index contributed by atoms with van der Waals surface area (Å²) in [5.41, 5.74) is 7.22. The van der Waals surface area contributed by atoms with Gasteiger partial charge < -0.3 is 10.1 Å². The lowest BCUT2D eigenvalue weighted by Crippen LogP contribution is -2.35. The van der Waals surface area contributed by atoms with Crippen LogP contribution >= 0.6 is 0 Å². The van der Waals surface area contributed by atoms with Gasteiger partial charge in [-0.2, -0.15) is 18.6 Å². The number of sulfonamides is 1. The van der Waals surface area contributed by atoms with Crippen molar-refractivity contribution in [3.63, 3.8) is 0 Å². The molecule has 0 spiro atoms. The predicted molar refractivity (Wildman–Crippen MR) is 137 cm³/mol. The zero-order valence-corrected chi connectivity index (χ0v) is 22.3. The van der Waals surface area contributed by atoms with Gasteiger partial charge in [0.15, 0.2) is 5.03 Å². The zero-order valence-electron chi connectivity index (χ0n) is 21.5. The van der Waals surface area contributed by atoms with Gasteiger partial charge in [-0.3, -0.25) is 14.3 Å². The van der Waals surface area contributed by atoms with E-state index >= 15 is 0 Å². The van der Waals surface area contributed by atoms with E-state index in [1.807, 2.05) is 25.1 Å². The van der Waals surface area contributed by atoms with Crippen molar-refractivity contribution in [2.75, 3.05) is 19.1 Å². The molecule has 0 unspecified atom stereocenters. The van der Waals surface area contributed by atoms with Crippen molar-refractivity contribution in [3.8, 4) is 0 Å². The molecule has 2 aliphatic carbocycles. The summed E-state index contributed by atoms with van der Waals surface area (Å²) in [6.07, 6.45) is 7.62. The minimum atomic E-state index is -4.16. The third-order valence-electron chi connectivity index (χ3n) is 7.08. The predicted octanol–water partition coefficient (Wildman–Crippen LogP) is 2.25. The number of nitrogens with one attached hydrogen (secondary N) is 2. The molecule has 1 aromatic carbocycles. The molecule has 0 aliphatic heterocycles. The molecular formula is C25H33N7O4S. The molecule has 0 saturated carbocycles. The lowest BCUT2D eigenvalue weighted by molar-refractivity contribution is 0.0247. The minimum Gasteiger partial charge on any atom is -0.360 e. The topological polar surface area (TPSA) is 123 Å². The van der Waals surface area contributed by atoms with Gasteiger partial charge in [-0.1, -0.05) is 6.07 Å². The number of hydrogen-bond acceptors (Lipinski definition) is 7. The van der Waals surface area contributed by atoms with E-state index < -0.39 is 16.1 Å². The van der Waals surface area contributed by atoms with E-state index in [0.717, 1.165) is 61.0 Å². The number of aromatic nitrogens is 4. The quantitative estimate of drug-likeness (QED) is 0.409. The molecule has 0 saturated heterocycles. The van der Waals surface area contributed by atoms with Crippen molar-refractivity contribution >= 4 is 21.7 Å². The highest BCUT2D eigenvalue weighted by atomic mass is 32.2. The zero-order chi connectivity index (χ0) is 26.2. The maximum Gasteiger partial charge on any atom is 0.333 e. The van der Waals surface area contributed by atoms with Crippen LogP contribution in [0.15, 0.2) is 29.4 Å². The van der Waals surface area contributed by atoms with Crippen LogP contribution in [0.1, 0.15) is 46.5 Å². The number of aryl methyl sites for hydroxylation is 4. The fourth-order valence-corrected chi connectivity index (χ4v) is 6.13. The second-order valence-electron chi connectivity index (χ2n) is 9.83. The number of amides is 2. The molecule has 3 aromatic rings. The lowest BCUT2D eigenvalue weighted by Gasteiger charge is -2.16. The Bertz CT molecular complexity index is 1390. The first-order chi connectivity index (χ1) is 17.7. The monoisotopic (exact) mass is 527 g/mol. The van der Waals surface area contributed by atoms with Crippen LogP contribution in [0.3, 0.4) is 0 Å². The summed E-state index contributed by atoms with van der Waals surface area (Å²) in [6.45, 7) is 1.17. The Balaban J connectivity index is 1.20. The molecule has 12 heteroatoms. The molecular weight excluding hydrogens is 494 g/mol. The van der Waals surface area contributed by atoms with Gasteiger partial charge in [-0.15, -0.1) is 0 Å². The van der Waals surface area contributed by atoms with Crippen molar-refractivity contribution in [1.82, 2.24) is 29.2 Å². The van der Waals surface area contributed by atoms with Gasteiger partial charge in [-0.25, -0.2) is 9.52 Å². The van der Waals surface area contributed by atoms with Crippen molar-refractivity contribution in [2.45, 2.75) is 56.7 Å². The van der Waals surface area contributed by atoms with Crippen LogP contribution < -0.4 is 10.0 Å². The Labute approximate surface area is 216 Å². The van der Waals surface area contributed by atoms with Crippen LogP contribution in [0.5, 0.6) is 0 Å². The van der Waals surface area contributed by atoms with Gasteiger partial charge in [0.2, 0.25) is 0 Å². The van der Waals surface area contributed by atoms with E-state index in [1.54, 1.807) is 17.9 Å². The van der Waals surface area contributed by atoms with Crippen LogP contribution in [0.2, 0.25) is 0 Å². The van der Waals surface area contributed by atoms with Crippen LogP contribution in [0.4, 0.5) is 10.5 Å². The normalized spacial score (nSPS) is 14.7. The Morgan fingerprint density at radius 1 is 1.05 bits per heavy atom. The number of rotatable bonds is 9. The Hall–Kier alpha value is -3.22. The number of carbonyl (C=O) groups is 1. The maximum atomic E-state index is 13.0. The van der Waals surface area contributed by atoms with Gasteiger partial charge in [0.25, 0.3) is 10.0 Å². The summed E-state index contributed by atoms with van der Waals surface area (Å²) in [5.74, 6) is 0. The lowest BCUT2D eigenvalue weighted by atomic mass is 9.99. The molecule has 37 heavy (non-hydrogen) atoms. The van der Waals surface area contributed by atoms with Gasteiger partial charge in [0, 0.05) is 38.6 Å². The second-order valence-corrected chi connectivity index (χ2v) is 11.5. The Kier molecular flexibility index (Phi) is 7.06. The molecule has 5 rings (SSSR count). The van der Waals surface area contributed by atoms with Crippen molar-refractivity contribution < 1.29 is 17.9 Å². The smallest absolute Gasteiger partial charge is 0.333 e. The molecule has 2 amide bonds. The molecule has 2 aromatic heterocycles. The van der Waals surface area contributed by atoms with Crippen molar-refractivity contribution in [3.05, 3.63) is 58.0 Å². The third-order valence-corrected chi connectivity index (χ3v) is 8.29. The number of urea groups is 1. The highest BCUT2D eigenvalue weighted by Gasteiger charge is 2.27. The first-order valence-corrected chi connectivity index (χ1v) is 14.0. The number of carbonyl (C=O) groups excluding carboxylic acids is 1. The number of nitrogens with zero attached hydrogens (tertiary/aromatic N) is 5. The fraction of sp³-hybridized carbons (Fsp3) is 0.480. The van der Waals surface area contributed by atoms with Crippen LogP contribution in [0, 0.1) is 0 Å². The highest BCUT2D eigenvalue weighted by Crippen LogP contribution is 2.38. The van der Waals surface area contributed by atoms with E-state index in [4.69, 9.17) is 4.74 Å². The minimum absolute atomic E-state index is 0.170. The summed E-state index contributed by atoms with van der Waals surface area (Å²) >= 11 is 0. The van der Waals surface area contributed by atoms with E-state index in [-0.39, 0.29) is 11.6 Å². The molecule has 11 nitrogen and oxygen atoms in total. The highest BCUT2D eigenvalue weighted by molar-refractivity contribution is 7.90. The van der Waals surface area contributed by atoms with Gasteiger partial charge in [0.05, 0.1) is 24.7 Å². The van der Waals surface area contributed by atoms with E-state index in [9.17, 15) is 13.2 Å². The van der Waals surface area contributed by atoms with E-state index in [2.05, 4.69) is 26.3 Å². The molecule has 2 heterocycles. The van der Waals surface area contributed by atoms with E-state index in [1.165, 1.54) is 21.9 Å². The fourth-order valence-electron chi connectivity index (χ4n) is 5.21. The van der Waals surface area contributed by atoms with Crippen LogP contribution in [0.25, 0.3) is 0 Å². The first-order valence-electron chi connectivity index (χ1n) is 12.5. The van der Waals surface area contributed by atoms with Crippen molar-refractivity contribution in [2.24, 2.45) is 14.1 Å². The van der Waals surface area contributed by atoms with Crippen molar-refractivity contribution in [1.29, 1.82) is 0 Å². The van der Waals surface area contributed by atoms with E-state index in [0.29, 0.717) is 19.0 Å². The molecule has 0 atom stereocenters. The van der Waals surface area contributed by atoms with Crippen LogP contribution in [-0.4, -0.2) is 52.7 Å². The molecule has 2 aliphatic rings. The standard InChI is InChI=1S/C25H33N7O4S/c1-30(14-19-10-11-26-31(19)2)16-36-15-20-13-23(28-32(20)3)37(34,35)29-25(33)27-24-21-8-4-6-17(21)12-18-7-5-9-22(18)24/h10-13H,4-9,14-16H2,1-3H3,(H2,27,29,33). The number of hydrogen-bond donors (Lipinski definition) is 2. The largest absolute Gasteiger partial charge is 0.360 e. The molecule has 0 bridgehead atoms.